The van der Waals surface area contributed by atoms with E-state index in [2.05, 4.69) is 47.1 Å². The Labute approximate surface area is 106 Å². The first-order chi connectivity index (χ1) is 7.38. The van der Waals surface area contributed by atoms with Crippen molar-refractivity contribution in [1.82, 2.24) is 15.1 Å². The summed E-state index contributed by atoms with van der Waals surface area (Å²) in [5, 5.41) is 8.05. The van der Waals surface area contributed by atoms with E-state index in [0.29, 0.717) is 0 Å². The van der Waals surface area contributed by atoms with Crippen molar-refractivity contribution >= 4 is 15.9 Å². The number of aryl methyl sites for hydroxylation is 1. The van der Waals surface area contributed by atoms with Crippen molar-refractivity contribution in [3.63, 3.8) is 0 Å². The molecule has 0 saturated carbocycles. The summed E-state index contributed by atoms with van der Waals surface area (Å²) >= 11 is 3.63. The molecule has 90 valence electrons. The monoisotopic (exact) mass is 285 g/mol. The molecule has 2 rings (SSSR count). The third kappa shape index (κ3) is 1.63. The van der Waals surface area contributed by atoms with Crippen LogP contribution >= 0.6 is 15.9 Å². The number of hydrogen-bond donors (Lipinski definition) is 1. The molecule has 1 atom stereocenters. The van der Waals surface area contributed by atoms with Gasteiger partial charge in [0.25, 0.3) is 0 Å². The van der Waals surface area contributed by atoms with Crippen molar-refractivity contribution in [1.29, 1.82) is 0 Å². The van der Waals surface area contributed by atoms with Crippen LogP contribution in [0.4, 0.5) is 0 Å². The van der Waals surface area contributed by atoms with Gasteiger partial charge in [-0.1, -0.05) is 20.8 Å². The average Bonchev–Trinajstić information content (AvgIpc) is 2.73. The van der Waals surface area contributed by atoms with Crippen molar-refractivity contribution in [3.8, 4) is 0 Å². The molecule has 1 N–H and O–H groups in total. The highest BCUT2D eigenvalue weighted by molar-refractivity contribution is 9.10. The van der Waals surface area contributed by atoms with Crippen LogP contribution < -0.4 is 5.32 Å². The fraction of sp³-hybridized carbons (Fsp3) is 0.750. The highest BCUT2D eigenvalue weighted by Gasteiger charge is 2.48. The minimum atomic E-state index is 0.0388. The van der Waals surface area contributed by atoms with Gasteiger partial charge in [0, 0.05) is 7.05 Å². The molecule has 1 unspecified atom stereocenters. The number of rotatable bonds is 1. The number of aromatic nitrogens is 2. The maximum Gasteiger partial charge on any atom is 0.0729 e. The number of nitrogens with zero attached hydrogens (tertiary/aromatic N) is 2. The quantitative estimate of drug-likeness (QED) is 0.860. The zero-order valence-corrected chi connectivity index (χ0v) is 12.1. The molecule has 1 aliphatic rings. The minimum absolute atomic E-state index is 0.0388. The second-order valence-corrected chi connectivity index (χ2v) is 6.50. The molecule has 3 nitrogen and oxygen atoms in total. The molecule has 0 spiro atoms. The van der Waals surface area contributed by atoms with Crippen LogP contribution in [0.25, 0.3) is 0 Å². The van der Waals surface area contributed by atoms with Gasteiger partial charge in [0.1, 0.15) is 0 Å². The van der Waals surface area contributed by atoms with Crippen molar-refractivity contribution < 1.29 is 0 Å². The summed E-state index contributed by atoms with van der Waals surface area (Å²) in [6.45, 7) is 7.98. The van der Waals surface area contributed by atoms with Gasteiger partial charge in [-0.05, 0) is 40.7 Å². The van der Waals surface area contributed by atoms with Crippen LogP contribution in [0.3, 0.4) is 0 Å². The third-order valence-electron chi connectivity index (χ3n) is 3.73. The van der Waals surface area contributed by atoms with E-state index in [1.165, 1.54) is 18.5 Å². The molecule has 1 saturated heterocycles. The Kier molecular flexibility index (Phi) is 2.91. The summed E-state index contributed by atoms with van der Waals surface area (Å²) in [6, 6.07) is 0. The van der Waals surface area contributed by atoms with Crippen molar-refractivity contribution in [2.24, 2.45) is 12.5 Å². The van der Waals surface area contributed by atoms with Gasteiger partial charge in [-0.25, -0.2) is 0 Å². The summed E-state index contributed by atoms with van der Waals surface area (Å²) in [6.07, 6.45) is 4.30. The van der Waals surface area contributed by atoms with E-state index in [0.717, 1.165) is 11.0 Å². The Morgan fingerprint density at radius 3 is 2.56 bits per heavy atom. The molecule has 16 heavy (non-hydrogen) atoms. The van der Waals surface area contributed by atoms with E-state index in [-0.39, 0.29) is 11.0 Å². The lowest BCUT2D eigenvalue weighted by Crippen LogP contribution is -2.49. The number of hydrogen-bond acceptors (Lipinski definition) is 2. The summed E-state index contributed by atoms with van der Waals surface area (Å²) in [5.74, 6) is 0. The maximum absolute atomic E-state index is 4.35. The first-order valence-electron chi connectivity index (χ1n) is 5.81. The lowest BCUT2D eigenvalue weighted by molar-refractivity contribution is 0.149. The Morgan fingerprint density at radius 2 is 2.19 bits per heavy atom. The van der Waals surface area contributed by atoms with E-state index in [1.54, 1.807) is 0 Å². The number of nitrogens with one attached hydrogen (secondary N) is 1. The third-order valence-corrected chi connectivity index (χ3v) is 4.31. The Hall–Kier alpha value is -0.350. The van der Waals surface area contributed by atoms with Crippen LogP contribution in [-0.4, -0.2) is 16.3 Å². The normalized spacial score (nSPS) is 26.3. The maximum atomic E-state index is 4.35. The van der Waals surface area contributed by atoms with E-state index in [4.69, 9.17) is 0 Å². The van der Waals surface area contributed by atoms with E-state index < -0.39 is 0 Å². The molecule has 0 radical (unpaired) electrons. The van der Waals surface area contributed by atoms with Gasteiger partial charge in [0.15, 0.2) is 0 Å². The Bertz CT molecular complexity index is 364. The van der Waals surface area contributed by atoms with Gasteiger partial charge < -0.3 is 5.32 Å². The van der Waals surface area contributed by atoms with Gasteiger partial charge >= 0.3 is 0 Å². The molecule has 1 aliphatic heterocycles. The first-order valence-corrected chi connectivity index (χ1v) is 6.61. The fourth-order valence-electron chi connectivity index (χ4n) is 2.83. The lowest BCUT2D eigenvalue weighted by Gasteiger charge is -2.42. The highest BCUT2D eigenvalue weighted by Crippen LogP contribution is 2.47. The summed E-state index contributed by atoms with van der Waals surface area (Å²) < 4.78 is 3.10. The summed E-state index contributed by atoms with van der Waals surface area (Å²) in [5.41, 5.74) is 1.49. The van der Waals surface area contributed by atoms with E-state index in [1.807, 2.05) is 17.9 Å². The molecule has 2 heterocycles. The average molecular weight is 286 g/mol. The largest absolute Gasteiger partial charge is 0.306 e. The molecule has 1 fully saturated rings. The van der Waals surface area contributed by atoms with Gasteiger partial charge in [-0.2, -0.15) is 5.10 Å². The zero-order valence-electron chi connectivity index (χ0n) is 10.5. The Balaban J connectivity index is 2.57. The van der Waals surface area contributed by atoms with E-state index in [9.17, 15) is 0 Å². The molecule has 4 heteroatoms. The SMILES string of the molecule is Cn1ncc(Br)c1C1(C(C)(C)C)CCCN1. The minimum Gasteiger partial charge on any atom is -0.306 e. The zero-order chi connectivity index (χ0) is 12.0. The summed E-state index contributed by atoms with van der Waals surface area (Å²) in [7, 11) is 2.02. The molecular formula is C12H20BrN3. The molecule has 1 aromatic heterocycles. The summed E-state index contributed by atoms with van der Waals surface area (Å²) in [4.78, 5) is 0. The molecule has 1 aromatic rings. The van der Waals surface area contributed by atoms with Crippen molar-refractivity contribution in [2.75, 3.05) is 6.54 Å². The lowest BCUT2D eigenvalue weighted by atomic mass is 9.70. The van der Waals surface area contributed by atoms with Gasteiger partial charge in [-0.3, -0.25) is 4.68 Å². The number of halogens is 1. The van der Waals surface area contributed by atoms with Gasteiger partial charge in [-0.15, -0.1) is 0 Å². The van der Waals surface area contributed by atoms with Crippen LogP contribution in [0.2, 0.25) is 0 Å². The molecule has 0 aromatic carbocycles. The van der Waals surface area contributed by atoms with Crippen LogP contribution in [0, 0.1) is 5.41 Å². The van der Waals surface area contributed by atoms with Gasteiger partial charge in [0.2, 0.25) is 0 Å². The molecule has 0 bridgehead atoms. The van der Waals surface area contributed by atoms with Crippen LogP contribution in [-0.2, 0) is 12.6 Å². The van der Waals surface area contributed by atoms with Crippen molar-refractivity contribution in [2.45, 2.75) is 39.2 Å². The standard InChI is InChI=1S/C12H20BrN3/c1-11(2,3)12(6-5-7-14-12)10-9(13)8-15-16(10)4/h8,14H,5-7H2,1-4H3. The predicted octanol–water partition coefficient (Wildman–Crippen LogP) is 2.81. The second kappa shape index (κ2) is 3.84. The van der Waals surface area contributed by atoms with Gasteiger partial charge in [0.05, 0.1) is 21.9 Å². The van der Waals surface area contributed by atoms with Crippen molar-refractivity contribution in [3.05, 3.63) is 16.4 Å². The van der Waals surface area contributed by atoms with Crippen LogP contribution in [0.1, 0.15) is 39.3 Å². The molecular weight excluding hydrogens is 266 g/mol. The smallest absolute Gasteiger partial charge is 0.0729 e. The molecule has 0 amide bonds. The predicted molar refractivity (Wildman–Crippen MR) is 69.3 cm³/mol. The second-order valence-electron chi connectivity index (χ2n) is 5.65. The topological polar surface area (TPSA) is 29.9 Å². The van der Waals surface area contributed by atoms with E-state index >= 15 is 0 Å². The first kappa shape index (κ1) is 12.1. The highest BCUT2D eigenvalue weighted by atomic mass is 79.9. The molecule has 0 aliphatic carbocycles. The van der Waals surface area contributed by atoms with Crippen LogP contribution in [0.15, 0.2) is 10.7 Å². The Morgan fingerprint density at radius 1 is 1.50 bits per heavy atom. The fourth-order valence-corrected chi connectivity index (χ4v) is 3.52. The van der Waals surface area contributed by atoms with Crippen LogP contribution in [0.5, 0.6) is 0 Å².